The van der Waals surface area contributed by atoms with Crippen molar-refractivity contribution in [1.82, 2.24) is 14.5 Å². The molecule has 0 bridgehead atoms. The zero-order chi connectivity index (χ0) is 22.9. The molecular formula is C26H36N3O2Si. The molecule has 0 amide bonds. The Bertz CT molecular complexity index is 1080. The Hall–Kier alpha value is -2.15. The summed E-state index contributed by atoms with van der Waals surface area (Å²) >= 11 is 0. The molecule has 1 radical (unpaired) electrons. The molecule has 0 saturated carbocycles. The molecule has 1 saturated heterocycles. The van der Waals surface area contributed by atoms with Crippen LogP contribution >= 0.6 is 0 Å². The zero-order valence-corrected chi connectivity index (χ0v) is 21.0. The third-order valence-electron chi connectivity index (χ3n) is 6.52. The van der Waals surface area contributed by atoms with E-state index in [0.717, 1.165) is 37.0 Å². The SMILES string of the molecule is C[Si](C)OC(C1CC(n2c(=O)[nH]c3ccccc32)CCN1Cc1ccccc1)C(C)(C)C. The van der Waals surface area contributed by atoms with Crippen molar-refractivity contribution < 1.29 is 4.43 Å². The van der Waals surface area contributed by atoms with E-state index < -0.39 is 9.04 Å². The molecule has 2 aromatic carbocycles. The molecule has 1 aliphatic rings. The number of likely N-dealkylation sites (tertiary alicyclic amines) is 1. The van der Waals surface area contributed by atoms with E-state index in [1.165, 1.54) is 5.56 Å². The molecule has 4 rings (SSSR count). The highest BCUT2D eigenvalue weighted by Crippen LogP contribution is 2.37. The number of nitrogens with zero attached hydrogens (tertiary/aromatic N) is 2. The predicted molar refractivity (Wildman–Crippen MR) is 133 cm³/mol. The van der Waals surface area contributed by atoms with Crippen LogP contribution in [-0.2, 0) is 11.0 Å². The molecular weight excluding hydrogens is 414 g/mol. The van der Waals surface area contributed by atoms with Crippen LogP contribution in [0.15, 0.2) is 59.4 Å². The number of rotatable bonds is 6. The van der Waals surface area contributed by atoms with Crippen molar-refractivity contribution in [3.05, 3.63) is 70.6 Å². The van der Waals surface area contributed by atoms with Crippen LogP contribution in [0, 0.1) is 5.41 Å². The number of piperidine rings is 1. The number of hydrogen-bond acceptors (Lipinski definition) is 3. The lowest BCUT2D eigenvalue weighted by atomic mass is 9.79. The van der Waals surface area contributed by atoms with Gasteiger partial charge in [0.05, 0.1) is 17.1 Å². The number of H-pyrrole nitrogens is 1. The summed E-state index contributed by atoms with van der Waals surface area (Å²) in [5, 5.41) is 0. The van der Waals surface area contributed by atoms with Crippen molar-refractivity contribution in [2.24, 2.45) is 5.41 Å². The Morgan fingerprint density at radius 3 is 2.47 bits per heavy atom. The van der Waals surface area contributed by atoms with Crippen molar-refractivity contribution in [2.45, 2.75) is 71.4 Å². The van der Waals surface area contributed by atoms with Crippen LogP contribution in [0.1, 0.15) is 45.2 Å². The number of aromatic amines is 1. The lowest BCUT2D eigenvalue weighted by molar-refractivity contribution is -0.0329. The van der Waals surface area contributed by atoms with Crippen LogP contribution in [-0.4, -0.2) is 42.2 Å². The quantitative estimate of drug-likeness (QED) is 0.524. The molecule has 1 N–H and O–H groups in total. The third kappa shape index (κ3) is 4.92. The van der Waals surface area contributed by atoms with Gasteiger partial charge < -0.3 is 9.41 Å². The summed E-state index contributed by atoms with van der Waals surface area (Å²) in [5.74, 6) is 0. The highest BCUT2D eigenvalue weighted by atomic mass is 28.3. The first-order valence-corrected chi connectivity index (χ1v) is 14.1. The van der Waals surface area contributed by atoms with E-state index in [1.54, 1.807) is 0 Å². The van der Waals surface area contributed by atoms with Gasteiger partial charge in [-0.2, -0.15) is 0 Å². The first-order valence-electron chi connectivity index (χ1n) is 11.7. The van der Waals surface area contributed by atoms with Crippen molar-refractivity contribution >= 4 is 20.1 Å². The van der Waals surface area contributed by atoms with E-state index in [-0.39, 0.29) is 29.3 Å². The van der Waals surface area contributed by atoms with Gasteiger partial charge in [0.2, 0.25) is 9.04 Å². The second-order valence-electron chi connectivity index (χ2n) is 10.3. The second-order valence-corrected chi connectivity index (χ2v) is 12.4. The molecule has 0 spiro atoms. The number of fused-ring (bicyclic) bond motifs is 1. The summed E-state index contributed by atoms with van der Waals surface area (Å²) in [7, 11) is -0.874. The number of hydrogen-bond donors (Lipinski definition) is 1. The Morgan fingerprint density at radius 2 is 1.78 bits per heavy atom. The maximum Gasteiger partial charge on any atom is 0.326 e. The largest absolute Gasteiger partial charge is 0.412 e. The molecule has 171 valence electrons. The van der Waals surface area contributed by atoms with E-state index >= 15 is 0 Å². The van der Waals surface area contributed by atoms with Gasteiger partial charge in [0, 0.05) is 25.2 Å². The maximum atomic E-state index is 12.9. The van der Waals surface area contributed by atoms with Gasteiger partial charge in [-0.3, -0.25) is 9.47 Å². The lowest BCUT2D eigenvalue weighted by Crippen LogP contribution is -2.55. The number of nitrogens with one attached hydrogen (secondary N) is 1. The summed E-state index contributed by atoms with van der Waals surface area (Å²) in [6.45, 7) is 13.1. The van der Waals surface area contributed by atoms with Gasteiger partial charge in [-0.05, 0) is 49.0 Å². The Kier molecular flexibility index (Phi) is 6.74. The van der Waals surface area contributed by atoms with Gasteiger partial charge in [-0.1, -0.05) is 63.2 Å². The summed E-state index contributed by atoms with van der Waals surface area (Å²) in [4.78, 5) is 18.6. The third-order valence-corrected chi connectivity index (χ3v) is 7.24. The fourth-order valence-electron chi connectivity index (χ4n) is 5.11. The monoisotopic (exact) mass is 450 g/mol. The fourth-order valence-corrected chi connectivity index (χ4v) is 6.13. The van der Waals surface area contributed by atoms with Crippen LogP contribution in [0.4, 0.5) is 0 Å². The van der Waals surface area contributed by atoms with Crippen LogP contribution in [0.5, 0.6) is 0 Å². The highest BCUT2D eigenvalue weighted by molar-refractivity contribution is 6.48. The maximum absolute atomic E-state index is 12.9. The zero-order valence-electron chi connectivity index (χ0n) is 20.0. The van der Waals surface area contributed by atoms with Crippen molar-refractivity contribution in [1.29, 1.82) is 0 Å². The molecule has 1 aliphatic heterocycles. The molecule has 1 aromatic heterocycles. The Morgan fingerprint density at radius 1 is 1.09 bits per heavy atom. The van der Waals surface area contributed by atoms with Crippen molar-refractivity contribution in [2.75, 3.05) is 6.54 Å². The van der Waals surface area contributed by atoms with E-state index in [2.05, 4.69) is 80.1 Å². The Labute approximate surface area is 193 Å². The molecule has 5 nitrogen and oxygen atoms in total. The minimum atomic E-state index is -0.874. The van der Waals surface area contributed by atoms with Gasteiger partial charge >= 0.3 is 5.69 Å². The first-order chi connectivity index (χ1) is 15.2. The normalized spacial score (nSPS) is 21.3. The van der Waals surface area contributed by atoms with Gasteiger partial charge in [0.15, 0.2) is 0 Å². The van der Waals surface area contributed by atoms with Crippen LogP contribution in [0.25, 0.3) is 11.0 Å². The molecule has 0 aliphatic carbocycles. The van der Waals surface area contributed by atoms with Gasteiger partial charge in [0.25, 0.3) is 0 Å². The summed E-state index contributed by atoms with van der Waals surface area (Å²) in [6, 6.07) is 19.1. The van der Waals surface area contributed by atoms with Crippen molar-refractivity contribution in [3.8, 4) is 0 Å². The number of imidazole rings is 1. The minimum absolute atomic E-state index is 0.00424. The van der Waals surface area contributed by atoms with Gasteiger partial charge in [0.1, 0.15) is 0 Å². The van der Waals surface area contributed by atoms with E-state index in [9.17, 15) is 4.79 Å². The highest BCUT2D eigenvalue weighted by Gasteiger charge is 2.41. The van der Waals surface area contributed by atoms with E-state index in [1.807, 2.05) is 22.8 Å². The summed E-state index contributed by atoms with van der Waals surface area (Å²) in [5.41, 5.74) is 3.25. The van der Waals surface area contributed by atoms with Crippen LogP contribution < -0.4 is 5.69 Å². The van der Waals surface area contributed by atoms with Crippen LogP contribution in [0.3, 0.4) is 0 Å². The summed E-state index contributed by atoms with van der Waals surface area (Å²) < 4.78 is 8.66. The van der Waals surface area contributed by atoms with Gasteiger partial charge in [-0.15, -0.1) is 0 Å². The standard InChI is InChI=1S/C26H36N3O2Si/c1-26(2,3)24(31-32(4)5)23-17-20(15-16-28(23)18-19-11-7-6-8-12-19)29-22-14-10-9-13-21(22)27-25(29)30/h6-14,20,23-24H,15-18H2,1-5H3,(H,27,30). The Balaban J connectivity index is 1.70. The fraction of sp³-hybridized carbons (Fsp3) is 0.500. The van der Waals surface area contributed by atoms with E-state index in [4.69, 9.17) is 4.43 Å². The number of benzene rings is 2. The molecule has 3 aromatic rings. The average molecular weight is 451 g/mol. The molecule has 2 heterocycles. The van der Waals surface area contributed by atoms with Gasteiger partial charge in [-0.25, -0.2) is 4.79 Å². The second kappa shape index (κ2) is 9.38. The molecule has 6 heteroatoms. The molecule has 3 unspecified atom stereocenters. The topological polar surface area (TPSA) is 50.3 Å². The minimum Gasteiger partial charge on any atom is -0.412 e. The lowest BCUT2D eigenvalue weighted by Gasteiger charge is -2.48. The average Bonchev–Trinajstić information content (AvgIpc) is 3.08. The number of para-hydroxylation sites is 2. The smallest absolute Gasteiger partial charge is 0.326 e. The molecule has 3 atom stereocenters. The predicted octanol–water partition coefficient (Wildman–Crippen LogP) is 5.22. The van der Waals surface area contributed by atoms with Crippen molar-refractivity contribution in [3.63, 3.8) is 0 Å². The first kappa shape index (κ1) is 23.0. The summed E-state index contributed by atoms with van der Waals surface area (Å²) in [6.07, 6.45) is 1.97. The molecule has 1 fully saturated rings. The molecule has 32 heavy (non-hydrogen) atoms. The van der Waals surface area contributed by atoms with E-state index in [0.29, 0.717) is 0 Å². The number of aromatic nitrogens is 2. The van der Waals surface area contributed by atoms with Crippen LogP contribution in [0.2, 0.25) is 13.1 Å².